The zero-order valence-electron chi connectivity index (χ0n) is 10.4. The van der Waals surface area contributed by atoms with E-state index in [1.807, 2.05) is 0 Å². The minimum atomic E-state index is -0.426. The van der Waals surface area contributed by atoms with E-state index in [2.05, 4.69) is 0 Å². The standard InChI is InChI=1S/C14H10N2O4/c17-9-4-5-14(18)13(8-9)15-7-6-10-11(15)2-1-3-12(10)16(19)20/h1-5,8H,6-7H2. The second-order valence-electron chi connectivity index (χ2n) is 4.56. The number of rotatable bonds is 2. The molecule has 20 heavy (non-hydrogen) atoms. The number of nitrogens with zero attached hydrogens (tertiary/aromatic N) is 2. The third-order valence-corrected chi connectivity index (χ3v) is 3.42. The van der Waals surface area contributed by atoms with E-state index in [9.17, 15) is 19.7 Å². The molecular formula is C14H10N2O4. The molecule has 0 atom stereocenters. The Morgan fingerprint density at radius 3 is 2.75 bits per heavy atom. The molecule has 0 N–H and O–H groups in total. The molecule has 1 heterocycles. The molecule has 6 nitrogen and oxygen atoms in total. The van der Waals surface area contributed by atoms with Gasteiger partial charge in [0.25, 0.3) is 5.69 Å². The van der Waals surface area contributed by atoms with Crippen LogP contribution in [0.5, 0.6) is 0 Å². The molecule has 0 saturated carbocycles. The summed E-state index contributed by atoms with van der Waals surface area (Å²) in [5.41, 5.74) is 1.56. The smallest absolute Gasteiger partial charge is 0.274 e. The normalized spacial score (nSPS) is 17.2. The molecule has 6 heteroatoms. The number of benzene rings is 1. The summed E-state index contributed by atoms with van der Waals surface area (Å²) in [6.07, 6.45) is 4.20. The van der Waals surface area contributed by atoms with Crippen LogP contribution in [0.4, 0.5) is 11.4 Å². The van der Waals surface area contributed by atoms with Crippen molar-refractivity contribution in [1.29, 1.82) is 0 Å². The molecule has 100 valence electrons. The number of hydrogen-bond acceptors (Lipinski definition) is 5. The zero-order chi connectivity index (χ0) is 14.3. The van der Waals surface area contributed by atoms with Gasteiger partial charge in [-0.25, -0.2) is 0 Å². The van der Waals surface area contributed by atoms with Crippen LogP contribution in [0.1, 0.15) is 5.56 Å². The number of carbonyl (C=O) groups is 2. The molecule has 3 rings (SSSR count). The minimum Gasteiger partial charge on any atom is -0.337 e. The van der Waals surface area contributed by atoms with Crippen LogP contribution in [0.2, 0.25) is 0 Å². The fourth-order valence-corrected chi connectivity index (χ4v) is 2.55. The average molecular weight is 270 g/mol. The number of nitro groups is 1. The monoisotopic (exact) mass is 270 g/mol. The van der Waals surface area contributed by atoms with Gasteiger partial charge in [-0.15, -0.1) is 0 Å². The van der Waals surface area contributed by atoms with Gasteiger partial charge in [-0.3, -0.25) is 19.7 Å². The van der Waals surface area contributed by atoms with Crippen LogP contribution in [0.25, 0.3) is 0 Å². The topological polar surface area (TPSA) is 80.5 Å². The van der Waals surface area contributed by atoms with Crippen molar-refractivity contribution in [1.82, 2.24) is 0 Å². The molecular weight excluding hydrogens is 260 g/mol. The Bertz CT molecular complexity index is 703. The molecule has 0 amide bonds. The van der Waals surface area contributed by atoms with Crippen LogP contribution >= 0.6 is 0 Å². The molecule has 0 spiro atoms. The maximum absolute atomic E-state index is 11.9. The fraction of sp³-hybridized carbons (Fsp3) is 0.143. The first-order chi connectivity index (χ1) is 9.58. The van der Waals surface area contributed by atoms with E-state index < -0.39 is 4.92 Å². The summed E-state index contributed by atoms with van der Waals surface area (Å²) < 4.78 is 0. The van der Waals surface area contributed by atoms with Crippen molar-refractivity contribution < 1.29 is 14.5 Å². The van der Waals surface area contributed by atoms with Gasteiger partial charge in [-0.1, -0.05) is 6.07 Å². The summed E-state index contributed by atoms with van der Waals surface area (Å²) in [7, 11) is 0. The maximum Gasteiger partial charge on any atom is 0.274 e. The Morgan fingerprint density at radius 2 is 2.00 bits per heavy atom. The molecule has 1 aromatic carbocycles. The van der Waals surface area contributed by atoms with Crippen molar-refractivity contribution in [2.45, 2.75) is 6.42 Å². The first-order valence-electron chi connectivity index (χ1n) is 6.10. The quantitative estimate of drug-likeness (QED) is 0.462. The van der Waals surface area contributed by atoms with Gasteiger partial charge in [0.2, 0.25) is 5.78 Å². The van der Waals surface area contributed by atoms with E-state index in [1.165, 1.54) is 24.3 Å². The SMILES string of the molecule is O=C1C=CC(=O)C(N2CCc3c2cccc3[N+](=O)[O-])=C1. The number of ketones is 2. The Labute approximate surface area is 114 Å². The number of nitro benzene ring substituents is 1. The van der Waals surface area contributed by atoms with Gasteiger partial charge >= 0.3 is 0 Å². The molecule has 0 bridgehead atoms. The lowest BCUT2D eigenvalue weighted by atomic mass is 10.1. The molecule has 1 aliphatic carbocycles. The summed E-state index contributed by atoms with van der Waals surface area (Å²) >= 11 is 0. The molecule has 1 aliphatic heterocycles. The highest BCUT2D eigenvalue weighted by Gasteiger charge is 2.31. The predicted molar refractivity (Wildman–Crippen MR) is 71.4 cm³/mol. The first kappa shape index (κ1) is 12.3. The van der Waals surface area contributed by atoms with E-state index in [-0.39, 0.29) is 23.0 Å². The third-order valence-electron chi connectivity index (χ3n) is 3.42. The van der Waals surface area contributed by atoms with Gasteiger partial charge in [-0.2, -0.15) is 0 Å². The van der Waals surface area contributed by atoms with Gasteiger partial charge in [-0.05, 0) is 24.6 Å². The number of allylic oxidation sites excluding steroid dienone is 3. The molecule has 0 fully saturated rings. The fourth-order valence-electron chi connectivity index (χ4n) is 2.55. The van der Waals surface area contributed by atoms with Crippen LogP contribution in [-0.4, -0.2) is 23.0 Å². The van der Waals surface area contributed by atoms with Crippen molar-refractivity contribution in [2.75, 3.05) is 11.4 Å². The van der Waals surface area contributed by atoms with Crippen LogP contribution < -0.4 is 4.90 Å². The molecule has 0 radical (unpaired) electrons. The van der Waals surface area contributed by atoms with Crippen LogP contribution in [0.3, 0.4) is 0 Å². The Balaban J connectivity index is 2.06. The van der Waals surface area contributed by atoms with Crippen LogP contribution in [0, 0.1) is 10.1 Å². The molecule has 0 unspecified atom stereocenters. The summed E-state index contributed by atoms with van der Waals surface area (Å²) in [6.45, 7) is 0.457. The third kappa shape index (κ3) is 1.82. The highest BCUT2D eigenvalue weighted by atomic mass is 16.6. The van der Waals surface area contributed by atoms with E-state index in [4.69, 9.17) is 0 Å². The maximum atomic E-state index is 11.9. The van der Waals surface area contributed by atoms with Gasteiger partial charge in [0.1, 0.15) is 0 Å². The zero-order valence-corrected chi connectivity index (χ0v) is 10.4. The van der Waals surface area contributed by atoms with Crippen LogP contribution in [0.15, 0.2) is 42.1 Å². The average Bonchev–Trinajstić information content (AvgIpc) is 2.85. The summed E-state index contributed by atoms with van der Waals surface area (Å²) in [6, 6.07) is 4.76. The largest absolute Gasteiger partial charge is 0.337 e. The lowest BCUT2D eigenvalue weighted by Crippen LogP contribution is -2.27. The van der Waals surface area contributed by atoms with Crippen molar-refractivity contribution in [3.8, 4) is 0 Å². The van der Waals surface area contributed by atoms with E-state index in [0.717, 1.165) is 0 Å². The highest BCUT2D eigenvalue weighted by molar-refractivity contribution is 6.18. The Hall–Kier alpha value is -2.76. The molecule has 0 aromatic heterocycles. The number of fused-ring (bicyclic) bond motifs is 1. The van der Waals surface area contributed by atoms with Gasteiger partial charge < -0.3 is 4.90 Å². The van der Waals surface area contributed by atoms with Crippen molar-refractivity contribution in [3.63, 3.8) is 0 Å². The Kier molecular flexibility index (Phi) is 2.71. The van der Waals surface area contributed by atoms with Gasteiger partial charge in [0, 0.05) is 18.7 Å². The summed E-state index contributed by atoms with van der Waals surface area (Å²) in [5.74, 6) is -0.512. The van der Waals surface area contributed by atoms with Gasteiger partial charge in [0.05, 0.1) is 21.9 Å². The molecule has 0 saturated heterocycles. The van der Waals surface area contributed by atoms with Crippen molar-refractivity contribution in [2.24, 2.45) is 0 Å². The summed E-state index contributed by atoms with van der Waals surface area (Å²) in [5, 5.41) is 11.0. The highest BCUT2D eigenvalue weighted by Crippen LogP contribution is 2.37. The van der Waals surface area contributed by atoms with E-state index in [1.54, 1.807) is 17.0 Å². The van der Waals surface area contributed by atoms with E-state index in [0.29, 0.717) is 24.2 Å². The molecule has 2 aliphatic rings. The van der Waals surface area contributed by atoms with E-state index >= 15 is 0 Å². The number of carbonyl (C=O) groups excluding carboxylic acids is 2. The minimum absolute atomic E-state index is 0.0516. The summed E-state index contributed by atoms with van der Waals surface area (Å²) in [4.78, 5) is 35.5. The van der Waals surface area contributed by atoms with Crippen LogP contribution in [-0.2, 0) is 16.0 Å². The predicted octanol–water partition coefficient (Wildman–Crippen LogP) is 1.55. The Morgan fingerprint density at radius 1 is 1.20 bits per heavy atom. The second kappa shape index (κ2) is 4.41. The second-order valence-corrected chi connectivity index (χ2v) is 4.56. The molecule has 1 aromatic rings. The lowest BCUT2D eigenvalue weighted by Gasteiger charge is -2.21. The first-order valence-corrected chi connectivity index (χ1v) is 6.10. The number of hydrogen-bond donors (Lipinski definition) is 0. The number of anilines is 1. The van der Waals surface area contributed by atoms with Gasteiger partial charge in [0.15, 0.2) is 5.78 Å². The van der Waals surface area contributed by atoms with Crippen molar-refractivity contribution >= 4 is 22.9 Å². The van der Waals surface area contributed by atoms with Crippen molar-refractivity contribution in [3.05, 3.63) is 57.8 Å². The lowest BCUT2D eigenvalue weighted by molar-refractivity contribution is -0.385.